The molecule has 0 aromatic heterocycles. The quantitative estimate of drug-likeness (QED) is 0.667. The molecule has 1 unspecified atom stereocenters. The van der Waals surface area contributed by atoms with Crippen molar-refractivity contribution in [2.24, 2.45) is 0 Å². The Hall–Kier alpha value is -1.33. The summed E-state index contributed by atoms with van der Waals surface area (Å²) in [5.41, 5.74) is 1.18. The van der Waals surface area contributed by atoms with Crippen molar-refractivity contribution in [3.8, 4) is 6.07 Å². The monoisotopic (exact) mass is 189 g/mol. The minimum Gasteiger partial charge on any atom is -0.374 e. The summed E-state index contributed by atoms with van der Waals surface area (Å²) in [4.78, 5) is 0. The fraction of sp³-hybridized carbons (Fsp3) is 0.417. The maximum Gasteiger partial charge on any atom is 0.0796 e. The lowest BCUT2D eigenvalue weighted by atomic mass is 10.1. The average Bonchev–Trinajstić information content (AvgIpc) is 2.25. The van der Waals surface area contributed by atoms with E-state index in [-0.39, 0.29) is 6.10 Å². The predicted octanol–water partition coefficient (Wildman–Crippen LogP) is 3.07. The highest BCUT2D eigenvalue weighted by Crippen LogP contribution is 2.15. The van der Waals surface area contributed by atoms with Crippen LogP contribution in [0.25, 0.3) is 0 Å². The van der Waals surface area contributed by atoms with Crippen molar-refractivity contribution < 1.29 is 4.74 Å². The van der Waals surface area contributed by atoms with Gasteiger partial charge in [0.1, 0.15) is 0 Å². The van der Waals surface area contributed by atoms with Crippen molar-refractivity contribution in [1.29, 1.82) is 5.26 Å². The first-order valence-electron chi connectivity index (χ1n) is 4.88. The summed E-state index contributed by atoms with van der Waals surface area (Å²) in [6.45, 7) is 2.69. The first kappa shape index (κ1) is 10.7. The molecular weight excluding hydrogens is 174 g/mol. The van der Waals surface area contributed by atoms with Gasteiger partial charge in [-0.15, -0.1) is 0 Å². The second-order valence-electron chi connectivity index (χ2n) is 3.19. The third kappa shape index (κ3) is 3.59. The molecule has 0 fully saturated rings. The summed E-state index contributed by atoms with van der Waals surface area (Å²) in [6, 6.07) is 12.2. The van der Waals surface area contributed by atoms with Crippen LogP contribution in [0.2, 0.25) is 0 Å². The highest BCUT2D eigenvalue weighted by molar-refractivity contribution is 5.16. The van der Waals surface area contributed by atoms with E-state index in [2.05, 4.69) is 18.2 Å². The van der Waals surface area contributed by atoms with Crippen LogP contribution >= 0.6 is 0 Å². The number of ether oxygens (including phenoxy) is 1. The summed E-state index contributed by atoms with van der Waals surface area (Å²) in [5.74, 6) is 0. The molecule has 2 nitrogen and oxygen atoms in total. The van der Waals surface area contributed by atoms with E-state index in [1.165, 1.54) is 5.56 Å². The molecule has 0 aliphatic carbocycles. The van der Waals surface area contributed by atoms with Gasteiger partial charge in [-0.3, -0.25) is 0 Å². The van der Waals surface area contributed by atoms with Crippen LogP contribution < -0.4 is 0 Å². The van der Waals surface area contributed by atoms with Crippen LogP contribution in [0, 0.1) is 11.3 Å². The van der Waals surface area contributed by atoms with E-state index in [0.717, 1.165) is 6.42 Å². The molecule has 0 amide bonds. The van der Waals surface area contributed by atoms with Gasteiger partial charge in [0, 0.05) is 13.0 Å². The first-order valence-corrected chi connectivity index (χ1v) is 4.88. The SMILES string of the molecule is CC(OCCCC#N)c1ccccc1. The van der Waals surface area contributed by atoms with Crippen LogP contribution in [0.1, 0.15) is 31.4 Å². The van der Waals surface area contributed by atoms with E-state index in [4.69, 9.17) is 10.00 Å². The van der Waals surface area contributed by atoms with E-state index >= 15 is 0 Å². The molecular formula is C12H15NO. The average molecular weight is 189 g/mol. The molecule has 0 N–H and O–H groups in total. The number of unbranched alkanes of at least 4 members (excludes halogenated alkanes) is 1. The molecule has 2 heteroatoms. The molecule has 1 aromatic carbocycles. The molecule has 1 aromatic rings. The number of hydrogen-bond acceptors (Lipinski definition) is 2. The first-order chi connectivity index (χ1) is 6.84. The van der Waals surface area contributed by atoms with E-state index in [1.807, 2.05) is 25.1 Å². The standard InChI is InChI=1S/C12H15NO/c1-11(14-10-6-5-9-13)12-7-3-2-4-8-12/h2-4,7-8,11H,5-6,10H2,1H3. The molecule has 0 radical (unpaired) electrons. The van der Waals surface area contributed by atoms with Crippen LogP contribution in [-0.4, -0.2) is 6.61 Å². The molecule has 1 rings (SSSR count). The van der Waals surface area contributed by atoms with E-state index < -0.39 is 0 Å². The van der Waals surface area contributed by atoms with Crippen molar-refractivity contribution in [3.05, 3.63) is 35.9 Å². The third-order valence-electron chi connectivity index (χ3n) is 2.07. The van der Waals surface area contributed by atoms with Crippen LogP contribution in [0.5, 0.6) is 0 Å². The Kier molecular flexibility index (Phi) is 4.74. The molecule has 1 atom stereocenters. The maximum absolute atomic E-state index is 8.34. The lowest BCUT2D eigenvalue weighted by Crippen LogP contribution is -2.01. The minimum atomic E-state index is 0.120. The van der Waals surface area contributed by atoms with Crippen LogP contribution in [-0.2, 0) is 4.74 Å². The summed E-state index contributed by atoms with van der Waals surface area (Å²) in [5, 5.41) is 8.34. The lowest BCUT2D eigenvalue weighted by Gasteiger charge is -2.12. The fourth-order valence-electron chi connectivity index (χ4n) is 1.23. The molecule has 0 spiro atoms. The van der Waals surface area contributed by atoms with Crippen LogP contribution in [0.4, 0.5) is 0 Å². The number of hydrogen-bond donors (Lipinski definition) is 0. The van der Waals surface area contributed by atoms with Crippen molar-refractivity contribution in [1.82, 2.24) is 0 Å². The van der Waals surface area contributed by atoms with Gasteiger partial charge in [-0.25, -0.2) is 0 Å². The highest BCUT2D eigenvalue weighted by Gasteiger charge is 2.03. The molecule has 0 bridgehead atoms. The Bertz CT molecular complexity index is 289. The van der Waals surface area contributed by atoms with E-state index in [9.17, 15) is 0 Å². The van der Waals surface area contributed by atoms with Gasteiger partial charge in [0.25, 0.3) is 0 Å². The second-order valence-corrected chi connectivity index (χ2v) is 3.19. The van der Waals surface area contributed by atoms with Crippen molar-refractivity contribution >= 4 is 0 Å². The fourth-order valence-corrected chi connectivity index (χ4v) is 1.23. The number of nitriles is 1. The van der Waals surface area contributed by atoms with Gasteiger partial charge in [0.2, 0.25) is 0 Å². The van der Waals surface area contributed by atoms with Gasteiger partial charge < -0.3 is 4.74 Å². The molecule has 0 heterocycles. The Balaban J connectivity index is 2.29. The predicted molar refractivity (Wildman–Crippen MR) is 55.7 cm³/mol. The Morgan fingerprint density at radius 3 is 2.71 bits per heavy atom. The number of nitrogens with zero attached hydrogens (tertiary/aromatic N) is 1. The van der Waals surface area contributed by atoms with Crippen molar-refractivity contribution in [2.45, 2.75) is 25.9 Å². The number of rotatable bonds is 5. The van der Waals surface area contributed by atoms with Crippen molar-refractivity contribution in [2.75, 3.05) is 6.61 Å². The van der Waals surface area contributed by atoms with E-state index in [1.54, 1.807) is 0 Å². The van der Waals surface area contributed by atoms with Gasteiger partial charge in [0.15, 0.2) is 0 Å². The summed E-state index contributed by atoms with van der Waals surface area (Å²) < 4.78 is 5.58. The summed E-state index contributed by atoms with van der Waals surface area (Å²) in [7, 11) is 0. The minimum absolute atomic E-state index is 0.120. The normalized spacial score (nSPS) is 12.0. The topological polar surface area (TPSA) is 33.0 Å². The summed E-state index contributed by atoms with van der Waals surface area (Å²) in [6.07, 6.45) is 1.50. The van der Waals surface area contributed by atoms with Gasteiger partial charge in [0.05, 0.1) is 12.2 Å². The van der Waals surface area contributed by atoms with Crippen molar-refractivity contribution in [3.63, 3.8) is 0 Å². The van der Waals surface area contributed by atoms with Gasteiger partial charge in [-0.1, -0.05) is 30.3 Å². The third-order valence-corrected chi connectivity index (χ3v) is 2.07. The number of benzene rings is 1. The van der Waals surface area contributed by atoms with Crippen LogP contribution in [0.3, 0.4) is 0 Å². The zero-order valence-electron chi connectivity index (χ0n) is 8.44. The van der Waals surface area contributed by atoms with Gasteiger partial charge >= 0.3 is 0 Å². The zero-order chi connectivity index (χ0) is 10.2. The van der Waals surface area contributed by atoms with Gasteiger partial charge in [-0.2, -0.15) is 5.26 Å². The molecule has 14 heavy (non-hydrogen) atoms. The second kappa shape index (κ2) is 6.17. The van der Waals surface area contributed by atoms with Crippen LogP contribution in [0.15, 0.2) is 30.3 Å². The Labute approximate surface area is 85.1 Å². The smallest absolute Gasteiger partial charge is 0.0796 e. The zero-order valence-corrected chi connectivity index (χ0v) is 8.44. The Morgan fingerprint density at radius 1 is 1.36 bits per heavy atom. The van der Waals surface area contributed by atoms with E-state index in [0.29, 0.717) is 13.0 Å². The molecule has 0 aliphatic rings. The maximum atomic E-state index is 8.34. The summed E-state index contributed by atoms with van der Waals surface area (Å²) >= 11 is 0. The molecule has 0 aliphatic heterocycles. The largest absolute Gasteiger partial charge is 0.374 e. The molecule has 0 saturated carbocycles. The molecule has 0 saturated heterocycles. The Morgan fingerprint density at radius 2 is 2.07 bits per heavy atom. The lowest BCUT2D eigenvalue weighted by molar-refractivity contribution is 0.0646. The van der Waals surface area contributed by atoms with Gasteiger partial charge in [-0.05, 0) is 18.9 Å². The highest BCUT2D eigenvalue weighted by atomic mass is 16.5. The molecule has 74 valence electrons.